The number of anilines is 1. The third-order valence-corrected chi connectivity index (χ3v) is 5.83. The highest BCUT2D eigenvalue weighted by Gasteiger charge is 2.24. The van der Waals surface area contributed by atoms with Gasteiger partial charge in [-0.1, -0.05) is 35.3 Å². The molecule has 1 saturated heterocycles. The molecule has 1 aromatic heterocycles. The van der Waals surface area contributed by atoms with Gasteiger partial charge >= 0.3 is 0 Å². The fourth-order valence-corrected chi connectivity index (χ4v) is 4.33. The average molecular weight is 414 g/mol. The van der Waals surface area contributed by atoms with Crippen molar-refractivity contribution in [3.8, 4) is 0 Å². The summed E-state index contributed by atoms with van der Waals surface area (Å²) >= 11 is 13.7. The van der Waals surface area contributed by atoms with E-state index in [0.29, 0.717) is 28.1 Å². The maximum Gasteiger partial charge on any atom is 0.240 e. The van der Waals surface area contributed by atoms with Crippen LogP contribution in [0, 0.1) is 0 Å². The number of halogens is 2. The number of amides is 1. The Kier molecular flexibility index (Phi) is 6.53. The van der Waals surface area contributed by atoms with Gasteiger partial charge < -0.3 is 10.1 Å². The maximum absolute atomic E-state index is 12.3. The van der Waals surface area contributed by atoms with E-state index in [-0.39, 0.29) is 18.1 Å². The summed E-state index contributed by atoms with van der Waals surface area (Å²) in [5, 5.41) is 4.57. The van der Waals surface area contributed by atoms with Gasteiger partial charge in [0.05, 0.1) is 28.8 Å². The van der Waals surface area contributed by atoms with Crippen LogP contribution >= 0.6 is 34.5 Å². The van der Waals surface area contributed by atoms with Crippen molar-refractivity contribution in [3.05, 3.63) is 44.9 Å². The van der Waals surface area contributed by atoms with E-state index in [1.165, 1.54) is 11.3 Å². The van der Waals surface area contributed by atoms with E-state index >= 15 is 0 Å². The van der Waals surface area contributed by atoms with Gasteiger partial charge in [0.15, 0.2) is 5.13 Å². The van der Waals surface area contributed by atoms with Gasteiger partial charge in [0.2, 0.25) is 5.91 Å². The first-order valence-electron chi connectivity index (χ1n) is 8.46. The summed E-state index contributed by atoms with van der Waals surface area (Å²) in [7, 11) is 0. The molecule has 0 radical (unpaired) electrons. The molecule has 1 aliphatic heterocycles. The molecular formula is C18H21Cl2N3O2S. The summed E-state index contributed by atoms with van der Waals surface area (Å²) in [5.74, 6) is -0.0620. The molecule has 0 bridgehead atoms. The van der Waals surface area contributed by atoms with Gasteiger partial charge in [-0.3, -0.25) is 9.69 Å². The zero-order chi connectivity index (χ0) is 18.7. The molecule has 140 valence electrons. The molecule has 26 heavy (non-hydrogen) atoms. The average Bonchev–Trinajstić information content (AvgIpc) is 2.97. The Morgan fingerprint density at radius 1 is 1.35 bits per heavy atom. The number of benzene rings is 1. The van der Waals surface area contributed by atoms with Crippen LogP contribution in [0.3, 0.4) is 0 Å². The summed E-state index contributed by atoms with van der Waals surface area (Å²) in [5.41, 5.74) is 0.942. The summed E-state index contributed by atoms with van der Waals surface area (Å²) in [6.45, 7) is 5.90. The predicted octanol–water partition coefficient (Wildman–Crippen LogP) is 4.09. The van der Waals surface area contributed by atoms with Crippen molar-refractivity contribution in [1.29, 1.82) is 0 Å². The fourth-order valence-electron chi connectivity index (χ4n) is 3.10. The van der Waals surface area contributed by atoms with Crippen LogP contribution in [0.5, 0.6) is 0 Å². The van der Waals surface area contributed by atoms with Crippen molar-refractivity contribution >= 4 is 45.6 Å². The van der Waals surface area contributed by atoms with Gasteiger partial charge in [-0.25, -0.2) is 4.98 Å². The van der Waals surface area contributed by atoms with E-state index in [0.717, 1.165) is 23.5 Å². The number of carbonyl (C=O) groups is 1. The summed E-state index contributed by atoms with van der Waals surface area (Å²) < 4.78 is 5.69. The third-order valence-electron chi connectivity index (χ3n) is 4.06. The van der Waals surface area contributed by atoms with Crippen LogP contribution in [-0.4, -0.2) is 47.6 Å². The normalized spacial score (nSPS) is 20.9. The minimum Gasteiger partial charge on any atom is -0.373 e. The number of nitrogens with zero attached hydrogens (tertiary/aromatic N) is 2. The minimum absolute atomic E-state index is 0.0620. The quantitative estimate of drug-likeness (QED) is 0.801. The van der Waals surface area contributed by atoms with E-state index in [1.807, 2.05) is 26.0 Å². The van der Waals surface area contributed by atoms with Gasteiger partial charge in [-0.05, 0) is 25.5 Å². The Labute approximate surface area is 167 Å². The molecule has 1 fully saturated rings. The van der Waals surface area contributed by atoms with Crippen LogP contribution < -0.4 is 5.32 Å². The number of ether oxygens (including phenoxy) is 1. The summed E-state index contributed by atoms with van der Waals surface area (Å²) in [6.07, 6.45) is 2.67. The molecule has 0 unspecified atom stereocenters. The van der Waals surface area contributed by atoms with Crippen molar-refractivity contribution in [2.24, 2.45) is 0 Å². The fraction of sp³-hybridized carbons (Fsp3) is 0.444. The zero-order valence-corrected chi connectivity index (χ0v) is 17.0. The van der Waals surface area contributed by atoms with Gasteiger partial charge in [-0.15, -0.1) is 11.3 Å². The Hall–Kier alpha value is -1.18. The van der Waals surface area contributed by atoms with Crippen LogP contribution in [0.4, 0.5) is 5.13 Å². The molecule has 0 aliphatic carbocycles. The van der Waals surface area contributed by atoms with Crippen molar-refractivity contribution in [2.75, 3.05) is 25.0 Å². The van der Waals surface area contributed by atoms with Gasteiger partial charge in [0.25, 0.3) is 0 Å². The second-order valence-electron chi connectivity index (χ2n) is 6.52. The van der Waals surface area contributed by atoms with Crippen molar-refractivity contribution in [1.82, 2.24) is 9.88 Å². The molecule has 1 N–H and O–H groups in total. The molecule has 0 saturated carbocycles. The lowest BCUT2D eigenvalue weighted by Crippen LogP contribution is -2.48. The van der Waals surface area contributed by atoms with E-state index in [9.17, 15) is 4.79 Å². The molecule has 0 spiro atoms. The van der Waals surface area contributed by atoms with Crippen LogP contribution in [0.1, 0.15) is 24.3 Å². The first-order valence-corrected chi connectivity index (χ1v) is 10.0. The number of nitrogens with one attached hydrogen (secondary N) is 1. The van der Waals surface area contributed by atoms with Gasteiger partial charge in [-0.2, -0.15) is 0 Å². The largest absolute Gasteiger partial charge is 0.373 e. The Morgan fingerprint density at radius 2 is 2.08 bits per heavy atom. The second-order valence-corrected chi connectivity index (χ2v) is 8.42. The number of hydrogen-bond acceptors (Lipinski definition) is 5. The van der Waals surface area contributed by atoms with Crippen LogP contribution in [0.25, 0.3) is 0 Å². The molecule has 3 rings (SSSR count). The number of aromatic nitrogens is 1. The van der Waals surface area contributed by atoms with Crippen LogP contribution in [-0.2, 0) is 16.0 Å². The van der Waals surface area contributed by atoms with Crippen LogP contribution in [0.15, 0.2) is 24.4 Å². The highest BCUT2D eigenvalue weighted by molar-refractivity contribution is 7.15. The molecule has 2 heterocycles. The third kappa shape index (κ3) is 5.18. The minimum atomic E-state index is -0.0620. The lowest BCUT2D eigenvalue weighted by molar-refractivity contribution is -0.121. The van der Waals surface area contributed by atoms with E-state index < -0.39 is 0 Å². The number of thiazole rings is 1. The maximum atomic E-state index is 12.3. The standard InChI is InChI=1S/C18H21Cl2N3O2S/c1-11-8-23(9-12(2)25-11)10-16(24)22-18-21-7-14(26-18)6-13-4-3-5-15(19)17(13)20/h3-5,7,11-12H,6,8-10H2,1-2H3,(H,21,22,24)/t11-,12-/m1/s1. The van der Waals surface area contributed by atoms with Crippen molar-refractivity contribution < 1.29 is 9.53 Å². The lowest BCUT2D eigenvalue weighted by atomic mass is 10.1. The molecule has 5 nitrogen and oxygen atoms in total. The molecule has 2 atom stereocenters. The van der Waals surface area contributed by atoms with Gasteiger partial charge in [0, 0.05) is 30.6 Å². The first-order chi connectivity index (χ1) is 12.4. The van der Waals surface area contributed by atoms with Crippen LogP contribution in [0.2, 0.25) is 10.0 Å². The smallest absolute Gasteiger partial charge is 0.240 e. The molecule has 1 amide bonds. The zero-order valence-electron chi connectivity index (χ0n) is 14.7. The number of hydrogen-bond donors (Lipinski definition) is 1. The topological polar surface area (TPSA) is 54.5 Å². The Morgan fingerprint density at radius 3 is 2.81 bits per heavy atom. The lowest BCUT2D eigenvalue weighted by Gasteiger charge is -2.34. The van der Waals surface area contributed by atoms with Crippen molar-refractivity contribution in [3.63, 3.8) is 0 Å². The molecule has 2 aromatic rings. The van der Waals surface area contributed by atoms with Gasteiger partial charge in [0.1, 0.15) is 0 Å². The molecule has 8 heteroatoms. The first kappa shape index (κ1) is 19.6. The van der Waals surface area contributed by atoms with Crippen molar-refractivity contribution in [2.45, 2.75) is 32.5 Å². The Balaban J connectivity index is 1.56. The van der Waals surface area contributed by atoms with E-state index in [4.69, 9.17) is 27.9 Å². The number of rotatable bonds is 5. The molecular weight excluding hydrogens is 393 g/mol. The SMILES string of the molecule is C[C@@H]1CN(CC(=O)Nc2ncc(Cc3cccc(Cl)c3Cl)s2)C[C@@H](C)O1. The van der Waals surface area contributed by atoms with E-state index in [2.05, 4.69) is 15.2 Å². The summed E-state index contributed by atoms with van der Waals surface area (Å²) in [4.78, 5) is 19.7. The summed E-state index contributed by atoms with van der Waals surface area (Å²) in [6, 6.07) is 5.57. The molecule has 1 aromatic carbocycles. The van der Waals surface area contributed by atoms with E-state index in [1.54, 1.807) is 12.3 Å². The number of morpholine rings is 1. The predicted molar refractivity (Wildman–Crippen MR) is 106 cm³/mol. The highest BCUT2D eigenvalue weighted by atomic mass is 35.5. The monoisotopic (exact) mass is 413 g/mol. The highest BCUT2D eigenvalue weighted by Crippen LogP contribution is 2.29. The molecule has 1 aliphatic rings. The Bertz CT molecular complexity index is 774. The number of carbonyl (C=O) groups excluding carboxylic acids is 1. The second kappa shape index (κ2) is 8.67.